The molecule has 5 heteroatoms. The fraction of sp³-hybridized carbons (Fsp3) is 0.238. The monoisotopic (exact) mass is 366 g/mol. The maximum atomic E-state index is 12.6. The van der Waals surface area contributed by atoms with Crippen LogP contribution in [0.25, 0.3) is 6.08 Å². The molecule has 4 nitrogen and oxygen atoms in total. The van der Waals surface area contributed by atoms with E-state index in [9.17, 15) is 9.59 Å². The van der Waals surface area contributed by atoms with Crippen LogP contribution in [-0.4, -0.2) is 16.0 Å². The molecule has 0 bridgehead atoms. The fourth-order valence-corrected chi connectivity index (χ4v) is 3.57. The Bertz CT molecular complexity index is 880. The van der Waals surface area contributed by atoms with E-state index in [1.807, 2.05) is 24.3 Å². The Morgan fingerprint density at radius 1 is 1.08 bits per heavy atom. The van der Waals surface area contributed by atoms with Crippen LogP contribution in [0.15, 0.2) is 53.4 Å². The number of hydrogen-bond acceptors (Lipinski definition) is 4. The number of nitrogens with zero attached hydrogens (tertiary/aromatic N) is 1. The average Bonchev–Trinajstić information content (AvgIpc) is 2.82. The molecule has 1 saturated heterocycles. The van der Waals surface area contributed by atoms with E-state index in [1.165, 1.54) is 10.5 Å². The molecule has 2 aromatic carbocycles. The average molecular weight is 366 g/mol. The summed E-state index contributed by atoms with van der Waals surface area (Å²) < 4.78 is 0. The van der Waals surface area contributed by atoms with Gasteiger partial charge >= 0.3 is 0 Å². The number of nitrogen functional groups attached to an aromatic ring is 1. The summed E-state index contributed by atoms with van der Waals surface area (Å²) in [4.78, 5) is 26.6. The summed E-state index contributed by atoms with van der Waals surface area (Å²) in [6.45, 7) is 6.74. The molecule has 0 aromatic heterocycles. The summed E-state index contributed by atoms with van der Waals surface area (Å²) in [6, 6.07) is 15.3. The molecule has 2 N–H and O–H groups in total. The zero-order chi connectivity index (χ0) is 18.9. The maximum Gasteiger partial charge on any atom is 0.293 e. The lowest BCUT2D eigenvalue weighted by Gasteiger charge is -2.20. The van der Waals surface area contributed by atoms with E-state index in [0.717, 1.165) is 22.9 Å². The zero-order valence-electron chi connectivity index (χ0n) is 15.2. The van der Waals surface area contributed by atoms with Crippen LogP contribution in [0.3, 0.4) is 0 Å². The van der Waals surface area contributed by atoms with E-state index in [-0.39, 0.29) is 23.1 Å². The van der Waals surface area contributed by atoms with Crippen molar-refractivity contribution in [3.05, 3.63) is 70.1 Å². The Labute approximate surface area is 158 Å². The number of anilines is 1. The Morgan fingerprint density at radius 2 is 1.77 bits per heavy atom. The number of imide groups is 1. The molecule has 3 rings (SSSR count). The number of benzene rings is 2. The van der Waals surface area contributed by atoms with Gasteiger partial charge in [-0.25, -0.2) is 0 Å². The van der Waals surface area contributed by atoms with Crippen molar-refractivity contribution >= 4 is 34.7 Å². The molecule has 1 aliphatic heterocycles. The van der Waals surface area contributed by atoms with Gasteiger partial charge in [0.05, 0.1) is 11.4 Å². The van der Waals surface area contributed by atoms with Crippen LogP contribution in [-0.2, 0) is 16.8 Å². The van der Waals surface area contributed by atoms with Crippen LogP contribution in [0.4, 0.5) is 10.5 Å². The fourth-order valence-electron chi connectivity index (χ4n) is 2.73. The molecule has 0 spiro atoms. The lowest BCUT2D eigenvalue weighted by Crippen LogP contribution is -2.27. The highest BCUT2D eigenvalue weighted by molar-refractivity contribution is 8.18. The van der Waals surface area contributed by atoms with Crippen LogP contribution in [0.2, 0.25) is 0 Å². The molecule has 2 amide bonds. The standard InChI is InChI=1S/C21H22N2O2S/c1-21(2,3)16-9-7-14(8-10-16)13-23-19(24)18(26-20(23)25)12-15-5-4-6-17(22)11-15/h4-12H,13,22H2,1-3H3/b18-12-. The van der Waals surface area contributed by atoms with E-state index in [0.29, 0.717) is 10.6 Å². The van der Waals surface area contributed by atoms with Crippen molar-refractivity contribution in [1.82, 2.24) is 4.90 Å². The topological polar surface area (TPSA) is 63.4 Å². The summed E-state index contributed by atoms with van der Waals surface area (Å²) in [5.41, 5.74) is 9.43. The van der Waals surface area contributed by atoms with Crippen molar-refractivity contribution < 1.29 is 9.59 Å². The summed E-state index contributed by atoms with van der Waals surface area (Å²) in [5, 5.41) is -0.245. The van der Waals surface area contributed by atoms with Crippen LogP contribution in [0.1, 0.15) is 37.5 Å². The van der Waals surface area contributed by atoms with Gasteiger partial charge in [0.25, 0.3) is 11.1 Å². The molecule has 0 saturated carbocycles. The molecular weight excluding hydrogens is 344 g/mol. The molecule has 0 radical (unpaired) electrons. The van der Waals surface area contributed by atoms with E-state index >= 15 is 0 Å². The first-order valence-corrected chi connectivity index (χ1v) is 9.26. The van der Waals surface area contributed by atoms with Crippen molar-refractivity contribution in [3.63, 3.8) is 0 Å². The number of amides is 2. The first-order chi connectivity index (χ1) is 12.2. The van der Waals surface area contributed by atoms with Crippen molar-refractivity contribution in [2.75, 3.05) is 5.73 Å². The predicted molar refractivity (Wildman–Crippen MR) is 108 cm³/mol. The number of nitrogens with two attached hydrogens (primary N) is 1. The Kier molecular flexibility index (Phi) is 4.92. The van der Waals surface area contributed by atoms with Gasteiger partial charge in [0.1, 0.15) is 0 Å². The number of rotatable bonds is 3. The van der Waals surface area contributed by atoms with E-state index in [4.69, 9.17) is 5.73 Å². The molecule has 26 heavy (non-hydrogen) atoms. The SMILES string of the molecule is CC(C)(C)c1ccc(CN2C(=O)S/C(=C\c3cccc(N)c3)C2=O)cc1. The van der Waals surface area contributed by atoms with Crippen molar-refractivity contribution in [2.45, 2.75) is 32.7 Å². The lowest BCUT2D eigenvalue weighted by atomic mass is 9.87. The number of thioether (sulfide) groups is 1. The molecule has 1 heterocycles. The Balaban J connectivity index is 1.77. The van der Waals surface area contributed by atoms with Gasteiger partial charge in [0.15, 0.2) is 0 Å². The van der Waals surface area contributed by atoms with Crippen LogP contribution in [0.5, 0.6) is 0 Å². The first-order valence-electron chi connectivity index (χ1n) is 8.44. The minimum atomic E-state index is -0.262. The Hall–Kier alpha value is -2.53. The van der Waals surface area contributed by atoms with Crippen LogP contribution in [0, 0.1) is 0 Å². The number of carbonyl (C=O) groups is 2. The molecule has 0 unspecified atom stereocenters. The molecule has 1 fully saturated rings. The summed E-state index contributed by atoms with van der Waals surface area (Å²) in [5.74, 6) is -0.262. The predicted octanol–water partition coefficient (Wildman–Crippen LogP) is 4.80. The summed E-state index contributed by atoms with van der Waals surface area (Å²) in [7, 11) is 0. The second-order valence-corrected chi connectivity index (χ2v) is 8.38. The van der Waals surface area contributed by atoms with E-state index in [2.05, 4.69) is 32.9 Å². The van der Waals surface area contributed by atoms with Gasteiger partial charge in [0, 0.05) is 5.69 Å². The highest BCUT2D eigenvalue weighted by Crippen LogP contribution is 2.33. The minimum absolute atomic E-state index is 0.0705. The smallest absolute Gasteiger partial charge is 0.293 e. The minimum Gasteiger partial charge on any atom is -0.399 e. The third-order valence-corrected chi connectivity index (χ3v) is 5.15. The molecule has 134 valence electrons. The zero-order valence-corrected chi connectivity index (χ0v) is 16.0. The third kappa shape index (κ3) is 3.99. The molecule has 0 aliphatic carbocycles. The largest absolute Gasteiger partial charge is 0.399 e. The molecule has 2 aromatic rings. The normalized spacial score (nSPS) is 16.6. The maximum absolute atomic E-state index is 12.6. The second-order valence-electron chi connectivity index (χ2n) is 7.38. The summed E-state index contributed by atoms with van der Waals surface area (Å²) >= 11 is 0.967. The van der Waals surface area contributed by atoms with Crippen molar-refractivity contribution in [3.8, 4) is 0 Å². The van der Waals surface area contributed by atoms with Gasteiger partial charge in [-0.2, -0.15) is 0 Å². The van der Waals surface area contributed by atoms with Gasteiger partial charge in [-0.15, -0.1) is 0 Å². The van der Waals surface area contributed by atoms with Gasteiger partial charge in [-0.3, -0.25) is 14.5 Å². The second kappa shape index (κ2) is 7.00. The van der Waals surface area contributed by atoms with E-state index < -0.39 is 0 Å². The highest BCUT2D eigenvalue weighted by atomic mass is 32.2. The number of hydrogen-bond donors (Lipinski definition) is 1. The molecule has 1 aliphatic rings. The molecule has 0 atom stereocenters. The lowest BCUT2D eigenvalue weighted by molar-refractivity contribution is -0.123. The highest BCUT2D eigenvalue weighted by Gasteiger charge is 2.35. The summed E-state index contributed by atoms with van der Waals surface area (Å²) in [6.07, 6.45) is 1.71. The quantitative estimate of drug-likeness (QED) is 0.626. The number of carbonyl (C=O) groups excluding carboxylic acids is 2. The first kappa shape index (κ1) is 18.3. The van der Waals surface area contributed by atoms with Gasteiger partial charge in [-0.05, 0) is 52.1 Å². The van der Waals surface area contributed by atoms with Crippen LogP contribution >= 0.6 is 11.8 Å². The van der Waals surface area contributed by atoms with Gasteiger partial charge in [0.2, 0.25) is 0 Å². The van der Waals surface area contributed by atoms with Gasteiger partial charge < -0.3 is 5.73 Å². The third-order valence-electron chi connectivity index (χ3n) is 4.24. The van der Waals surface area contributed by atoms with Crippen molar-refractivity contribution in [1.29, 1.82) is 0 Å². The van der Waals surface area contributed by atoms with Gasteiger partial charge in [-0.1, -0.05) is 57.2 Å². The van der Waals surface area contributed by atoms with Crippen molar-refractivity contribution in [2.24, 2.45) is 0 Å². The Morgan fingerprint density at radius 3 is 2.38 bits per heavy atom. The van der Waals surface area contributed by atoms with E-state index in [1.54, 1.807) is 18.2 Å². The van der Waals surface area contributed by atoms with Crippen LogP contribution < -0.4 is 5.73 Å². The molecular formula is C21H22N2O2S.